The molecule has 1 aliphatic heterocycles. The number of benzene rings is 1. The number of ether oxygens (including phenoxy) is 1. The van der Waals surface area contributed by atoms with Crippen molar-refractivity contribution in [2.45, 2.75) is 51.6 Å². The third-order valence-corrected chi connectivity index (χ3v) is 5.29. The molecule has 1 aromatic rings. The molecular formula is C22H36N4O. The van der Waals surface area contributed by atoms with E-state index < -0.39 is 0 Å². The lowest BCUT2D eigenvalue weighted by Crippen LogP contribution is -2.48. The molecule has 0 atom stereocenters. The molecule has 0 aromatic heterocycles. The molecule has 0 bridgehead atoms. The summed E-state index contributed by atoms with van der Waals surface area (Å²) in [7, 11) is 0. The van der Waals surface area contributed by atoms with Crippen LogP contribution in [0.15, 0.2) is 35.3 Å². The molecule has 27 heavy (non-hydrogen) atoms. The molecule has 5 nitrogen and oxygen atoms in total. The van der Waals surface area contributed by atoms with E-state index >= 15 is 0 Å². The van der Waals surface area contributed by atoms with E-state index in [1.807, 2.05) is 0 Å². The second-order valence-corrected chi connectivity index (χ2v) is 7.81. The maximum absolute atomic E-state index is 5.69. The fourth-order valence-corrected chi connectivity index (χ4v) is 3.48. The van der Waals surface area contributed by atoms with Gasteiger partial charge in [-0.25, -0.2) is 0 Å². The zero-order valence-corrected chi connectivity index (χ0v) is 16.8. The van der Waals surface area contributed by atoms with Crippen molar-refractivity contribution in [1.29, 1.82) is 0 Å². The van der Waals surface area contributed by atoms with Gasteiger partial charge in [-0.1, -0.05) is 30.3 Å². The largest absolute Gasteiger partial charge is 0.381 e. The van der Waals surface area contributed by atoms with Gasteiger partial charge in [0, 0.05) is 52.0 Å². The van der Waals surface area contributed by atoms with Crippen molar-refractivity contribution in [3.05, 3.63) is 35.9 Å². The molecule has 1 heterocycles. The highest BCUT2D eigenvalue weighted by molar-refractivity contribution is 5.80. The molecule has 0 unspecified atom stereocenters. The highest BCUT2D eigenvalue weighted by Gasteiger charge is 2.21. The summed E-state index contributed by atoms with van der Waals surface area (Å²) in [5.74, 6) is 1.81. The number of hydrogen-bond donors (Lipinski definition) is 2. The Morgan fingerprint density at radius 1 is 1.15 bits per heavy atom. The highest BCUT2D eigenvalue weighted by Crippen LogP contribution is 2.28. The van der Waals surface area contributed by atoms with Crippen LogP contribution in [0, 0.1) is 5.92 Å². The summed E-state index contributed by atoms with van der Waals surface area (Å²) in [5.41, 5.74) is 1.41. The van der Waals surface area contributed by atoms with Crippen LogP contribution in [0.5, 0.6) is 0 Å². The summed E-state index contributed by atoms with van der Waals surface area (Å²) in [6.07, 6.45) is 6.05. The zero-order chi connectivity index (χ0) is 18.7. The summed E-state index contributed by atoms with van der Waals surface area (Å²) >= 11 is 0. The number of likely N-dealkylation sites (tertiary alicyclic amines) is 1. The number of guanidine groups is 1. The fraction of sp³-hybridized carbons (Fsp3) is 0.682. The first kappa shape index (κ1) is 20.2. The van der Waals surface area contributed by atoms with Gasteiger partial charge < -0.3 is 15.4 Å². The van der Waals surface area contributed by atoms with Gasteiger partial charge in [0.1, 0.15) is 0 Å². The second-order valence-electron chi connectivity index (χ2n) is 7.81. The predicted octanol–water partition coefficient (Wildman–Crippen LogP) is 3.02. The van der Waals surface area contributed by atoms with Gasteiger partial charge in [-0.2, -0.15) is 0 Å². The summed E-state index contributed by atoms with van der Waals surface area (Å²) in [6, 6.07) is 11.3. The number of nitrogens with one attached hydrogen (secondary N) is 2. The lowest BCUT2D eigenvalue weighted by Gasteiger charge is -2.33. The fourth-order valence-electron chi connectivity index (χ4n) is 3.48. The van der Waals surface area contributed by atoms with E-state index in [2.05, 4.69) is 52.8 Å². The third kappa shape index (κ3) is 7.89. The van der Waals surface area contributed by atoms with Crippen molar-refractivity contribution in [2.75, 3.05) is 39.4 Å². The standard InChI is InChI=1S/C22H36N4O/c1-2-23-22(24-13-6-16-27-18-20-9-10-20)25-21-11-14-26(15-12-21)17-19-7-4-3-5-8-19/h3-5,7-8,20-21H,2,6,9-18H2,1H3,(H2,23,24,25). The molecule has 3 rings (SSSR count). The molecule has 1 aliphatic carbocycles. The van der Waals surface area contributed by atoms with Crippen molar-refractivity contribution in [3.8, 4) is 0 Å². The Morgan fingerprint density at radius 2 is 1.93 bits per heavy atom. The Balaban J connectivity index is 1.33. The van der Waals surface area contributed by atoms with Crippen molar-refractivity contribution >= 4 is 5.96 Å². The first-order chi connectivity index (χ1) is 13.3. The molecule has 2 N–H and O–H groups in total. The Bertz CT molecular complexity index is 551. The normalized spacial score (nSPS) is 19.2. The predicted molar refractivity (Wildman–Crippen MR) is 112 cm³/mol. The molecule has 0 amide bonds. The molecule has 2 aliphatic rings. The molecule has 1 saturated heterocycles. The topological polar surface area (TPSA) is 48.9 Å². The lowest BCUT2D eigenvalue weighted by molar-refractivity contribution is 0.123. The molecule has 5 heteroatoms. The lowest BCUT2D eigenvalue weighted by atomic mass is 10.0. The van der Waals surface area contributed by atoms with Crippen molar-refractivity contribution in [1.82, 2.24) is 15.5 Å². The van der Waals surface area contributed by atoms with Crippen LogP contribution < -0.4 is 10.6 Å². The zero-order valence-electron chi connectivity index (χ0n) is 16.8. The SMILES string of the molecule is CCNC(=NCCCOCC1CC1)NC1CCN(Cc2ccccc2)CC1. The van der Waals surface area contributed by atoms with Crippen LogP contribution in [0.3, 0.4) is 0 Å². The van der Waals surface area contributed by atoms with Crippen LogP contribution in [-0.4, -0.2) is 56.3 Å². The van der Waals surface area contributed by atoms with Crippen LogP contribution in [0.4, 0.5) is 0 Å². The number of aliphatic imine (C=N–C) groups is 1. The monoisotopic (exact) mass is 372 g/mol. The van der Waals surface area contributed by atoms with Gasteiger partial charge in [0.15, 0.2) is 5.96 Å². The van der Waals surface area contributed by atoms with E-state index in [1.165, 1.54) is 31.2 Å². The number of hydrogen-bond acceptors (Lipinski definition) is 3. The van der Waals surface area contributed by atoms with Gasteiger partial charge in [-0.15, -0.1) is 0 Å². The van der Waals surface area contributed by atoms with Gasteiger partial charge in [-0.05, 0) is 50.5 Å². The summed E-state index contributed by atoms with van der Waals surface area (Å²) in [6.45, 7) is 8.97. The second kappa shape index (κ2) is 11.3. The quantitative estimate of drug-likeness (QED) is 0.377. The van der Waals surface area contributed by atoms with Crippen LogP contribution in [-0.2, 0) is 11.3 Å². The van der Waals surface area contributed by atoms with Crippen molar-refractivity contribution in [2.24, 2.45) is 10.9 Å². The summed E-state index contributed by atoms with van der Waals surface area (Å²) < 4.78 is 5.69. The van der Waals surface area contributed by atoms with E-state index in [9.17, 15) is 0 Å². The Hall–Kier alpha value is -1.59. The first-order valence-corrected chi connectivity index (χ1v) is 10.7. The van der Waals surface area contributed by atoms with Crippen LogP contribution >= 0.6 is 0 Å². The first-order valence-electron chi connectivity index (χ1n) is 10.7. The summed E-state index contributed by atoms with van der Waals surface area (Å²) in [4.78, 5) is 7.28. The number of rotatable bonds is 10. The van der Waals surface area contributed by atoms with E-state index in [-0.39, 0.29) is 0 Å². The summed E-state index contributed by atoms with van der Waals surface area (Å²) in [5, 5.41) is 7.02. The van der Waals surface area contributed by atoms with Crippen LogP contribution in [0.2, 0.25) is 0 Å². The smallest absolute Gasteiger partial charge is 0.191 e. The molecule has 0 radical (unpaired) electrons. The number of piperidine rings is 1. The number of nitrogens with zero attached hydrogens (tertiary/aromatic N) is 2. The molecule has 2 fully saturated rings. The van der Waals surface area contributed by atoms with Gasteiger partial charge >= 0.3 is 0 Å². The maximum Gasteiger partial charge on any atom is 0.191 e. The van der Waals surface area contributed by atoms with E-state index in [0.29, 0.717) is 6.04 Å². The minimum atomic E-state index is 0.515. The highest BCUT2D eigenvalue weighted by atomic mass is 16.5. The minimum absolute atomic E-state index is 0.515. The Labute approximate surface area is 164 Å². The van der Waals surface area contributed by atoms with E-state index in [4.69, 9.17) is 9.73 Å². The maximum atomic E-state index is 5.69. The van der Waals surface area contributed by atoms with Gasteiger partial charge in [0.2, 0.25) is 0 Å². The van der Waals surface area contributed by atoms with Gasteiger partial charge in [-0.3, -0.25) is 9.89 Å². The molecule has 0 spiro atoms. The average molecular weight is 373 g/mol. The van der Waals surface area contributed by atoms with Crippen molar-refractivity contribution in [3.63, 3.8) is 0 Å². The van der Waals surface area contributed by atoms with E-state index in [1.54, 1.807) is 0 Å². The molecular weight excluding hydrogens is 336 g/mol. The van der Waals surface area contributed by atoms with Crippen molar-refractivity contribution < 1.29 is 4.74 Å². The molecule has 150 valence electrons. The van der Waals surface area contributed by atoms with Crippen LogP contribution in [0.25, 0.3) is 0 Å². The average Bonchev–Trinajstić information content (AvgIpc) is 3.51. The Kier molecular flexibility index (Phi) is 8.43. The molecule has 1 aromatic carbocycles. The van der Waals surface area contributed by atoms with Gasteiger partial charge in [0.05, 0.1) is 0 Å². The minimum Gasteiger partial charge on any atom is -0.381 e. The van der Waals surface area contributed by atoms with Crippen LogP contribution in [0.1, 0.15) is 44.6 Å². The third-order valence-electron chi connectivity index (χ3n) is 5.29. The molecule has 1 saturated carbocycles. The Morgan fingerprint density at radius 3 is 2.63 bits per heavy atom. The van der Waals surface area contributed by atoms with Gasteiger partial charge in [0.25, 0.3) is 0 Å². The van der Waals surface area contributed by atoms with E-state index in [0.717, 1.165) is 64.2 Å².